The molecule has 20 heavy (non-hydrogen) atoms. The summed E-state index contributed by atoms with van der Waals surface area (Å²) in [6.07, 6.45) is 0. The molecule has 0 saturated heterocycles. The topological polar surface area (TPSA) is 18.5 Å². The Kier molecular flexibility index (Phi) is 6.01. The van der Waals surface area contributed by atoms with E-state index < -0.39 is 0 Å². The average Bonchev–Trinajstić information content (AvgIpc) is 2.40. The van der Waals surface area contributed by atoms with Gasteiger partial charge in [0.15, 0.2) is 0 Å². The van der Waals surface area contributed by atoms with E-state index >= 15 is 0 Å². The molecule has 0 aliphatic heterocycles. The van der Waals surface area contributed by atoms with Crippen molar-refractivity contribution in [2.45, 2.75) is 0 Å². The van der Waals surface area contributed by atoms with Gasteiger partial charge in [-0.3, -0.25) is 0 Å². The monoisotopic (exact) mass is 622 g/mol. The second-order valence-corrected chi connectivity index (χ2v) is 7.97. The minimum Gasteiger partial charge on any atom is -0.496 e. The van der Waals surface area contributed by atoms with Crippen LogP contribution in [-0.2, 0) is 0 Å². The van der Waals surface area contributed by atoms with Crippen LogP contribution >= 0.6 is 77.0 Å². The molecule has 0 aliphatic rings. The summed E-state index contributed by atoms with van der Waals surface area (Å²) < 4.78 is 15.0. The smallest absolute Gasteiger partial charge is 0.132 e. The highest BCUT2D eigenvalue weighted by Gasteiger charge is 2.14. The first-order valence-electron chi connectivity index (χ1n) is 5.54. The lowest BCUT2D eigenvalue weighted by Gasteiger charge is -2.13. The molecule has 0 heterocycles. The van der Waals surface area contributed by atoms with Crippen molar-refractivity contribution in [2.24, 2.45) is 0 Å². The predicted molar refractivity (Wildman–Crippen MR) is 106 cm³/mol. The quantitative estimate of drug-likeness (QED) is 0.385. The number of halogens is 4. The summed E-state index contributed by atoms with van der Waals surface area (Å²) in [7, 11) is 3.36. The van der Waals surface area contributed by atoms with Gasteiger partial charge in [0.2, 0.25) is 0 Å². The molecule has 0 fully saturated rings. The molecule has 0 unspecified atom stereocenters. The van der Waals surface area contributed by atoms with E-state index in [4.69, 9.17) is 9.47 Å². The molecule has 0 N–H and O–H groups in total. The Balaban J connectivity index is 2.67. The third-order valence-electron chi connectivity index (χ3n) is 2.77. The van der Waals surface area contributed by atoms with Gasteiger partial charge in [-0.05, 0) is 69.4 Å². The molecule has 0 aromatic heterocycles. The third-order valence-corrected chi connectivity index (χ3v) is 5.77. The summed E-state index contributed by atoms with van der Waals surface area (Å²) in [4.78, 5) is 0. The Morgan fingerprint density at radius 3 is 1.40 bits per heavy atom. The molecule has 0 spiro atoms. The third kappa shape index (κ3) is 3.44. The van der Waals surface area contributed by atoms with Crippen molar-refractivity contribution in [1.29, 1.82) is 0 Å². The van der Waals surface area contributed by atoms with E-state index in [-0.39, 0.29) is 0 Å². The zero-order valence-corrected chi connectivity index (χ0v) is 18.1. The number of methoxy groups -OCH3 is 2. The number of hydrogen-bond acceptors (Lipinski definition) is 2. The Bertz CT molecular complexity index is 603. The van der Waals surface area contributed by atoms with Gasteiger partial charge >= 0.3 is 0 Å². The molecule has 6 heteroatoms. The average molecular weight is 624 g/mol. The zero-order valence-electron chi connectivity index (χ0n) is 10.6. The van der Waals surface area contributed by atoms with Crippen LogP contribution in [-0.4, -0.2) is 14.2 Å². The lowest BCUT2D eigenvalue weighted by atomic mass is 10.1. The SMILES string of the molecule is COc1cc(-c2cc(OC)c(I)cc2Br)c(Br)cc1I. The standard InChI is InChI=1S/C14H10Br2I2O2/c1-19-13-3-7(9(15)5-11(13)17)8-4-14(20-2)12(18)6-10(8)16/h3-6H,1-2H3. The maximum Gasteiger partial charge on any atom is 0.132 e. The summed E-state index contributed by atoms with van der Waals surface area (Å²) in [5.41, 5.74) is 2.12. The molecule has 0 radical (unpaired) electrons. The summed E-state index contributed by atoms with van der Waals surface area (Å²) in [5.74, 6) is 1.71. The number of hydrogen-bond donors (Lipinski definition) is 0. The Hall–Kier alpha value is 0.460. The van der Waals surface area contributed by atoms with Gasteiger partial charge in [0.25, 0.3) is 0 Å². The molecule has 0 bridgehead atoms. The molecule has 0 atom stereocenters. The van der Waals surface area contributed by atoms with Crippen LogP contribution in [0.1, 0.15) is 0 Å². The first-order valence-corrected chi connectivity index (χ1v) is 9.28. The van der Waals surface area contributed by atoms with Crippen LogP contribution in [0, 0.1) is 7.14 Å². The van der Waals surface area contributed by atoms with Gasteiger partial charge in [0, 0.05) is 20.1 Å². The van der Waals surface area contributed by atoms with Crippen LogP contribution in [0.4, 0.5) is 0 Å². The van der Waals surface area contributed by atoms with Crippen LogP contribution in [0.3, 0.4) is 0 Å². The molecule has 0 saturated carbocycles. The Morgan fingerprint density at radius 1 is 0.750 bits per heavy atom. The van der Waals surface area contributed by atoms with Gasteiger partial charge in [-0.2, -0.15) is 0 Å². The van der Waals surface area contributed by atoms with Crippen molar-refractivity contribution in [3.8, 4) is 22.6 Å². The van der Waals surface area contributed by atoms with E-state index in [1.54, 1.807) is 14.2 Å². The largest absolute Gasteiger partial charge is 0.496 e. The van der Waals surface area contributed by atoms with Crippen LogP contribution in [0.15, 0.2) is 33.2 Å². The maximum absolute atomic E-state index is 5.41. The number of ether oxygens (including phenoxy) is 2. The molecule has 2 nitrogen and oxygen atoms in total. The van der Waals surface area contributed by atoms with Crippen LogP contribution in [0.25, 0.3) is 11.1 Å². The lowest BCUT2D eigenvalue weighted by molar-refractivity contribution is 0.411. The normalized spacial score (nSPS) is 10.5. The van der Waals surface area contributed by atoms with Gasteiger partial charge in [-0.1, -0.05) is 31.9 Å². The van der Waals surface area contributed by atoms with Crippen LogP contribution < -0.4 is 9.47 Å². The molecule has 106 valence electrons. The van der Waals surface area contributed by atoms with Crippen LogP contribution in [0.5, 0.6) is 11.5 Å². The minimum absolute atomic E-state index is 0.855. The highest BCUT2D eigenvalue weighted by molar-refractivity contribution is 14.1. The highest BCUT2D eigenvalue weighted by Crippen LogP contribution is 2.41. The van der Waals surface area contributed by atoms with Gasteiger partial charge in [0.1, 0.15) is 11.5 Å². The fourth-order valence-corrected chi connectivity index (χ4v) is 5.13. The first-order chi connectivity index (χ1) is 9.47. The lowest BCUT2D eigenvalue weighted by Crippen LogP contribution is -1.93. The Labute approximate surface area is 162 Å². The highest BCUT2D eigenvalue weighted by atomic mass is 127. The molecular weight excluding hydrogens is 614 g/mol. The van der Waals surface area contributed by atoms with Gasteiger partial charge in [0.05, 0.1) is 21.4 Å². The molecule has 0 aliphatic carbocycles. The second kappa shape index (κ2) is 7.15. The fourth-order valence-electron chi connectivity index (χ4n) is 1.78. The van der Waals surface area contributed by atoms with E-state index in [0.717, 1.165) is 38.7 Å². The zero-order chi connectivity index (χ0) is 14.9. The van der Waals surface area contributed by atoms with Crippen molar-refractivity contribution in [2.75, 3.05) is 14.2 Å². The molecule has 2 aromatic rings. The van der Waals surface area contributed by atoms with Crippen molar-refractivity contribution in [3.05, 3.63) is 40.4 Å². The van der Waals surface area contributed by atoms with Gasteiger partial charge < -0.3 is 9.47 Å². The molecule has 2 rings (SSSR count). The maximum atomic E-state index is 5.41. The van der Waals surface area contributed by atoms with E-state index in [9.17, 15) is 0 Å². The van der Waals surface area contributed by atoms with Crippen molar-refractivity contribution in [1.82, 2.24) is 0 Å². The summed E-state index contributed by atoms with van der Waals surface area (Å²) in [6.45, 7) is 0. The van der Waals surface area contributed by atoms with E-state index in [0.29, 0.717) is 0 Å². The van der Waals surface area contributed by atoms with E-state index in [1.165, 1.54) is 0 Å². The predicted octanol–water partition coefficient (Wildman–Crippen LogP) is 6.11. The molecule has 0 amide bonds. The molecular formula is C14H10Br2I2O2. The minimum atomic E-state index is 0.855. The van der Waals surface area contributed by atoms with Gasteiger partial charge in [-0.15, -0.1) is 0 Å². The number of rotatable bonds is 3. The summed E-state index contributed by atoms with van der Waals surface area (Å²) >= 11 is 11.8. The van der Waals surface area contributed by atoms with E-state index in [1.807, 2.05) is 24.3 Å². The fraction of sp³-hybridized carbons (Fsp3) is 0.143. The number of benzene rings is 2. The van der Waals surface area contributed by atoms with Crippen LogP contribution in [0.2, 0.25) is 0 Å². The van der Waals surface area contributed by atoms with Crippen molar-refractivity contribution in [3.63, 3.8) is 0 Å². The second-order valence-electron chi connectivity index (χ2n) is 3.93. The molecule has 2 aromatic carbocycles. The van der Waals surface area contributed by atoms with E-state index in [2.05, 4.69) is 77.0 Å². The summed E-state index contributed by atoms with van der Waals surface area (Å²) in [6, 6.07) is 8.15. The van der Waals surface area contributed by atoms with Crippen molar-refractivity contribution >= 4 is 77.0 Å². The first kappa shape index (κ1) is 16.8. The summed E-state index contributed by atoms with van der Waals surface area (Å²) in [5, 5.41) is 0. The Morgan fingerprint density at radius 2 is 1.10 bits per heavy atom. The van der Waals surface area contributed by atoms with Gasteiger partial charge in [-0.25, -0.2) is 0 Å². The van der Waals surface area contributed by atoms with Crippen molar-refractivity contribution < 1.29 is 9.47 Å².